The molecule has 0 saturated carbocycles. The predicted molar refractivity (Wildman–Crippen MR) is 70.3 cm³/mol. The van der Waals surface area contributed by atoms with Crippen molar-refractivity contribution in [1.82, 2.24) is 15.5 Å². The van der Waals surface area contributed by atoms with E-state index in [0.29, 0.717) is 12.1 Å². The third kappa shape index (κ3) is 4.54. The number of nitrogens with one attached hydrogen (secondary N) is 2. The number of likely N-dealkylation sites (tertiary alicyclic amines) is 1. The van der Waals surface area contributed by atoms with Crippen LogP contribution in [0.5, 0.6) is 0 Å². The highest BCUT2D eigenvalue weighted by atomic mass is 16.5. The molecule has 100 valence electrons. The van der Waals surface area contributed by atoms with Gasteiger partial charge in [0.25, 0.3) is 0 Å². The Morgan fingerprint density at radius 1 is 1.53 bits per heavy atom. The molecule has 0 amide bonds. The number of ether oxygens (including phenoxy) is 1. The Kier molecular flexibility index (Phi) is 5.22. The van der Waals surface area contributed by atoms with Gasteiger partial charge in [-0.1, -0.05) is 0 Å². The summed E-state index contributed by atoms with van der Waals surface area (Å²) in [6, 6.07) is 1.12. The van der Waals surface area contributed by atoms with E-state index in [2.05, 4.69) is 29.5 Å². The summed E-state index contributed by atoms with van der Waals surface area (Å²) in [6.07, 6.45) is 2.52. The molecule has 0 aromatic rings. The van der Waals surface area contributed by atoms with Crippen LogP contribution in [0.25, 0.3) is 0 Å². The molecular formula is C13H27N3O. The number of rotatable bonds is 5. The summed E-state index contributed by atoms with van der Waals surface area (Å²) in [4.78, 5) is 2.42. The minimum atomic E-state index is 0.539. The van der Waals surface area contributed by atoms with Crippen LogP contribution in [0, 0.1) is 5.92 Å². The van der Waals surface area contributed by atoms with Crippen molar-refractivity contribution < 1.29 is 4.74 Å². The van der Waals surface area contributed by atoms with Gasteiger partial charge in [0.05, 0.1) is 13.2 Å². The molecule has 2 N–H and O–H groups in total. The summed E-state index contributed by atoms with van der Waals surface area (Å²) < 4.78 is 5.48. The van der Waals surface area contributed by atoms with E-state index in [1.807, 2.05) is 0 Å². The lowest BCUT2D eigenvalue weighted by Crippen LogP contribution is -2.45. The molecule has 0 bridgehead atoms. The van der Waals surface area contributed by atoms with Crippen LogP contribution < -0.4 is 10.6 Å². The first kappa shape index (κ1) is 13.3. The summed E-state index contributed by atoms with van der Waals surface area (Å²) in [5.74, 6) is 0.845. The lowest BCUT2D eigenvalue weighted by Gasteiger charge is -2.27. The molecular weight excluding hydrogens is 214 g/mol. The number of morpholine rings is 1. The highest BCUT2D eigenvalue weighted by Gasteiger charge is 2.21. The van der Waals surface area contributed by atoms with E-state index in [1.54, 1.807) is 0 Å². The molecule has 2 heterocycles. The third-order valence-corrected chi connectivity index (χ3v) is 3.88. The van der Waals surface area contributed by atoms with Gasteiger partial charge in [0.15, 0.2) is 0 Å². The van der Waals surface area contributed by atoms with Crippen molar-refractivity contribution in [1.29, 1.82) is 0 Å². The highest BCUT2D eigenvalue weighted by molar-refractivity contribution is 4.79. The van der Waals surface area contributed by atoms with E-state index in [0.717, 1.165) is 25.7 Å². The van der Waals surface area contributed by atoms with Gasteiger partial charge in [-0.05, 0) is 45.8 Å². The van der Waals surface area contributed by atoms with Crippen molar-refractivity contribution in [3.63, 3.8) is 0 Å². The zero-order chi connectivity index (χ0) is 12.1. The van der Waals surface area contributed by atoms with Crippen LogP contribution in [0.3, 0.4) is 0 Å². The van der Waals surface area contributed by atoms with Crippen LogP contribution in [0.1, 0.15) is 19.8 Å². The fourth-order valence-corrected chi connectivity index (χ4v) is 2.84. The predicted octanol–water partition coefficient (Wildman–Crippen LogP) is 0.295. The van der Waals surface area contributed by atoms with Crippen LogP contribution in [0.15, 0.2) is 0 Å². The molecule has 4 nitrogen and oxygen atoms in total. The minimum absolute atomic E-state index is 0.539. The Morgan fingerprint density at radius 3 is 3.06 bits per heavy atom. The van der Waals surface area contributed by atoms with Gasteiger partial charge in [0, 0.05) is 25.2 Å². The first-order valence-corrected chi connectivity index (χ1v) is 6.97. The molecule has 3 unspecified atom stereocenters. The zero-order valence-corrected chi connectivity index (χ0v) is 11.2. The second-order valence-electron chi connectivity index (χ2n) is 5.69. The quantitative estimate of drug-likeness (QED) is 0.726. The molecule has 2 aliphatic heterocycles. The number of hydrogen-bond donors (Lipinski definition) is 2. The van der Waals surface area contributed by atoms with E-state index in [4.69, 9.17) is 4.74 Å². The Morgan fingerprint density at radius 2 is 2.41 bits per heavy atom. The van der Waals surface area contributed by atoms with Crippen molar-refractivity contribution in [2.45, 2.75) is 31.8 Å². The molecule has 17 heavy (non-hydrogen) atoms. The number of nitrogens with zero attached hydrogens (tertiary/aromatic N) is 1. The molecule has 2 fully saturated rings. The normalized spacial score (nSPS) is 32.8. The van der Waals surface area contributed by atoms with Gasteiger partial charge in [0.2, 0.25) is 0 Å². The fourth-order valence-electron chi connectivity index (χ4n) is 2.84. The third-order valence-electron chi connectivity index (χ3n) is 3.88. The molecule has 2 aliphatic rings. The molecule has 4 heteroatoms. The van der Waals surface area contributed by atoms with Gasteiger partial charge in [0.1, 0.15) is 0 Å². The van der Waals surface area contributed by atoms with E-state index in [-0.39, 0.29) is 0 Å². The Hall–Kier alpha value is -0.160. The average Bonchev–Trinajstić information content (AvgIpc) is 2.74. The lowest BCUT2D eigenvalue weighted by molar-refractivity contribution is 0.0711. The molecule has 0 spiro atoms. The standard InChI is InChI=1S/C13H27N3O/c1-11(7-13-10-17-6-4-14-13)15-8-12-3-5-16(2)9-12/h11-15H,3-10H2,1-2H3. The van der Waals surface area contributed by atoms with E-state index in [9.17, 15) is 0 Å². The summed E-state index contributed by atoms with van der Waals surface area (Å²) in [5, 5.41) is 7.18. The molecule has 2 saturated heterocycles. The van der Waals surface area contributed by atoms with Crippen molar-refractivity contribution in [3.05, 3.63) is 0 Å². The summed E-state index contributed by atoms with van der Waals surface area (Å²) >= 11 is 0. The first-order valence-electron chi connectivity index (χ1n) is 6.97. The van der Waals surface area contributed by atoms with Crippen molar-refractivity contribution in [2.75, 3.05) is 46.4 Å². The van der Waals surface area contributed by atoms with E-state index >= 15 is 0 Å². The molecule has 0 aliphatic carbocycles. The first-order chi connectivity index (χ1) is 8.24. The fraction of sp³-hybridized carbons (Fsp3) is 1.00. The van der Waals surface area contributed by atoms with E-state index < -0.39 is 0 Å². The monoisotopic (exact) mass is 241 g/mol. The summed E-state index contributed by atoms with van der Waals surface area (Å²) in [7, 11) is 2.21. The largest absolute Gasteiger partial charge is 0.379 e. The zero-order valence-electron chi connectivity index (χ0n) is 11.2. The maximum Gasteiger partial charge on any atom is 0.0620 e. The Bertz CT molecular complexity index is 219. The molecule has 2 rings (SSSR count). The topological polar surface area (TPSA) is 36.5 Å². The summed E-state index contributed by atoms with van der Waals surface area (Å²) in [6.45, 7) is 8.72. The van der Waals surface area contributed by atoms with Gasteiger partial charge >= 0.3 is 0 Å². The minimum Gasteiger partial charge on any atom is -0.379 e. The van der Waals surface area contributed by atoms with Crippen LogP contribution in [0.2, 0.25) is 0 Å². The maximum absolute atomic E-state index is 5.48. The molecule has 0 radical (unpaired) electrons. The van der Waals surface area contributed by atoms with Crippen LogP contribution in [-0.4, -0.2) is 63.4 Å². The van der Waals surface area contributed by atoms with Gasteiger partial charge in [-0.25, -0.2) is 0 Å². The average molecular weight is 241 g/mol. The number of hydrogen-bond acceptors (Lipinski definition) is 4. The second-order valence-corrected chi connectivity index (χ2v) is 5.69. The Labute approximate surface area is 105 Å². The van der Waals surface area contributed by atoms with Gasteiger partial charge in [-0.15, -0.1) is 0 Å². The molecule has 0 aromatic heterocycles. The van der Waals surface area contributed by atoms with Crippen molar-refractivity contribution >= 4 is 0 Å². The smallest absolute Gasteiger partial charge is 0.0620 e. The van der Waals surface area contributed by atoms with Gasteiger partial charge < -0.3 is 20.3 Å². The highest BCUT2D eigenvalue weighted by Crippen LogP contribution is 2.13. The van der Waals surface area contributed by atoms with Crippen LogP contribution in [0.4, 0.5) is 0 Å². The van der Waals surface area contributed by atoms with E-state index in [1.165, 1.54) is 32.5 Å². The summed E-state index contributed by atoms with van der Waals surface area (Å²) in [5.41, 5.74) is 0. The lowest BCUT2D eigenvalue weighted by atomic mass is 10.1. The molecule has 0 aromatic carbocycles. The van der Waals surface area contributed by atoms with Crippen LogP contribution >= 0.6 is 0 Å². The second kappa shape index (κ2) is 6.69. The maximum atomic E-state index is 5.48. The Balaban J connectivity index is 1.58. The van der Waals surface area contributed by atoms with Crippen LogP contribution in [-0.2, 0) is 4.74 Å². The van der Waals surface area contributed by atoms with Gasteiger partial charge in [-0.2, -0.15) is 0 Å². The SMILES string of the molecule is CC(CC1COCCN1)NCC1CCN(C)C1. The van der Waals surface area contributed by atoms with Crippen molar-refractivity contribution in [2.24, 2.45) is 5.92 Å². The van der Waals surface area contributed by atoms with Crippen molar-refractivity contribution in [3.8, 4) is 0 Å². The van der Waals surface area contributed by atoms with Gasteiger partial charge in [-0.3, -0.25) is 0 Å². The molecule has 3 atom stereocenters.